The van der Waals surface area contributed by atoms with Crippen molar-refractivity contribution in [1.82, 2.24) is 9.97 Å². The molecule has 2 aromatic rings. The first-order valence-electron chi connectivity index (χ1n) is 5.53. The minimum atomic E-state index is -0.354. The molecule has 0 radical (unpaired) electrons. The zero-order chi connectivity index (χ0) is 13.8. The quantitative estimate of drug-likeness (QED) is 0.937. The van der Waals surface area contributed by atoms with E-state index in [1.165, 1.54) is 25.7 Å². The molecule has 1 N–H and O–H groups in total. The van der Waals surface area contributed by atoms with Crippen molar-refractivity contribution in [2.45, 2.75) is 6.92 Å². The number of rotatable bonds is 3. The minimum Gasteiger partial charge on any atom is -0.495 e. The number of halogens is 1. The number of nitrogens with one attached hydrogen (secondary N) is 1. The lowest BCUT2D eigenvalue weighted by atomic mass is 10.2. The Bertz CT molecular complexity index is 602. The van der Waals surface area contributed by atoms with E-state index in [4.69, 9.17) is 16.3 Å². The third-order valence-corrected chi connectivity index (χ3v) is 2.93. The summed E-state index contributed by atoms with van der Waals surface area (Å²) in [6.07, 6.45) is 4.35. The summed E-state index contributed by atoms with van der Waals surface area (Å²) in [4.78, 5) is 19.8. The van der Waals surface area contributed by atoms with Gasteiger partial charge in [0.2, 0.25) is 0 Å². The Morgan fingerprint density at radius 2 is 2.16 bits per heavy atom. The van der Waals surface area contributed by atoms with Crippen molar-refractivity contribution < 1.29 is 9.53 Å². The molecule has 1 heterocycles. The fourth-order valence-corrected chi connectivity index (χ4v) is 1.69. The summed E-state index contributed by atoms with van der Waals surface area (Å²) in [5.74, 6) is 0.140. The van der Waals surface area contributed by atoms with Crippen molar-refractivity contribution in [3.63, 3.8) is 0 Å². The highest BCUT2D eigenvalue weighted by Crippen LogP contribution is 2.31. The standard InChI is InChI=1S/C13H12ClN3O2/c1-8-5-10(12(19-2)6-9(8)14)17-13(18)11-7-15-3-4-16-11/h3-7H,1-2H3,(H,17,18). The molecule has 0 bridgehead atoms. The van der Waals surface area contributed by atoms with Crippen molar-refractivity contribution in [3.05, 3.63) is 47.0 Å². The number of carbonyl (C=O) groups is 1. The zero-order valence-electron chi connectivity index (χ0n) is 10.5. The monoisotopic (exact) mass is 277 g/mol. The van der Waals surface area contributed by atoms with E-state index in [1.807, 2.05) is 6.92 Å². The van der Waals surface area contributed by atoms with E-state index in [0.29, 0.717) is 16.5 Å². The molecule has 6 heteroatoms. The third-order valence-electron chi connectivity index (χ3n) is 2.52. The molecular formula is C13H12ClN3O2. The molecule has 2 rings (SSSR count). The second-order valence-electron chi connectivity index (χ2n) is 3.85. The Kier molecular flexibility index (Phi) is 3.97. The van der Waals surface area contributed by atoms with E-state index in [9.17, 15) is 4.79 Å². The molecule has 19 heavy (non-hydrogen) atoms. The summed E-state index contributed by atoms with van der Waals surface area (Å²) in [5.41, 5.74) is 1.62. The largest absolute Gasteiger partial charge is 0.495 e. The first kappa shape index (κ1) is 13.3. The van der Waals surface area contributed by atoms with Crippen LogP contribution in [0, 0.1) is 6.92 Å². The Morgan fingerprint density at radius 1 is 1.37 bits per heavy atom. The van der Waals surface area contributed by atoms with Gasteiger partial charge >= 0.3 is 0 Å². The molecule has 1 aromatic carbocycles. The number of aromatic nitrogens is 2. The highest BCUT2D eigenvalue weighted by atomic mass is 35.5. The van der Waals surface area contributed by atoms with Crippen LogP contribution in [0.25, 0.3) is 0 Å². The van der Waals surface area contributed by atoms with E-state index in [1.54, 1.807) is 12.1 Å². The fraction of sp³-hybridized carbons (Fsp3) is 0.154. The van der Waals surface area contributed by atoms with Crippen molar-refractivity contribution in [1.29, 1.82) is 0 Å². The summed E-state index contributed by atoms with van der Waals surface area (Å²) in [6.45, 7) is 1.85. The molecule has 1 amide bonds. The van der Waals surface area contributed by atoms with Crippen LogP contribution in [0.15, 0.2) is 30.7 Å². The van der Waals surface area contributed by atoms with Gasteiger partial charge in [0.1, 0.15) is 11.4 Å². The molecule has 0 aliphatic rings. The van der Waals surface area contributed by atoms with Crippen LogP contribution >= 0.6 is 11.6 Å². The predicted octanol–water partition coefficient (Wildman–Crippen LogP) is 2.70. The maximum Gasteiger partial charge on any atom is 0.275 e. The lowest BCUT2D eigenvalue weighted by molar-refractivity contribution is 0.102. The topological polar surface area (TPSA) is 64.1 Å². The number of amides is 1. The van der Waals surface area contributed by atoms with Gasteiger partial charge in [-0.05, 0) is 18.6 Å². The molecule has 0 unspecified atom stereocenters. The normalized spacial score (nSPS) is 10.1. The van der Waals surface area contributed by atoms with Crippen molar-refractivity contribution in [2.24, 2.45) is 0 Å². The summed E-state index contributed by atoms with van der Waals surface area (Å²) in [6, 6.07) is 3.40. The summed E-state index contributed by atoms with van der Waals surface area (Å²) in [7, 11) is 1.51. The van der Waals surface area contributed by atoms with Crippen LogP contribution in [0.4, 0.5) is 5.69 Å². The average molecular weight is 278 g/mol. The van der Waals surface area contributed by atoms with Crippen LogP contribution in [-0.2, 0) is 0 Å². The molecule has 0 saturated carbocycles. The Hall–Kier alpha value is -2.14. The Morgan fingerprint density at radius 3 is 2.79 bits per heavy atom. The van der Waals surface area contributed by atoms with Gasteiger partial charge in [-0.1, -0.05) is 11.6 Å². The average Bonchev–Trinajstić information content (AvgIpc) is 2.43. The van der Waals surface area contributed by atoms with Crippen molar-refractivity contribution in [2.75, 3.05) is 12.4 Å². The van der Waals surface area contributed by atoms with E-state index < -0.39 is 0 Å². The molecular weight excluding hydrogens is 266 g/mol. The second-order valence-corrected chi connectivity index (χ2v) is 4.25. The number of nitrogens with zero attached hydrogens (tertiary/aromatic N) is 2. The molecule has 0 aliphatic heterocycles. The van der Waals surface area contributed by atoms with Crippen LogP contribution in [-0.4, -0.2) is 23.0 Å². The summed E-state index contributed by atoms with van der Waals surface area (Å²) < 4.78 is 5.18. The number of hydrogen-bond donors (Lipinski definition) is 1. The highest BCUT2D eigenvalue weighted by Gasteiger charge is 2.12. The lowest BCUT2D eigenvalue weighted by Crippen LogP contribution is -2.14. The fourth-order valence-electron chi connectivity index (χ4n) is 1.53. The van der Waals surface area contributed by atoms with Crippen LogP contribution in [0.1, 0.15) is 16.1 Å². The third kappa shape index (κ3) is 3.00. The van der Waals surface area contributed by atoms with Crippen LogP contribution in [0.5, 0.6) is 5.75 Å². The van der Waals surface area contributed by atoms with Gasteiger partial charge in [0.05, 0.1) is 19.0 Å². The molecule has 98 valence electrons. The summed E-state index contributed by atoms with van der Waals surface area (Å²) in [5, 5.41) is 3.30. The number of carbonyl (C=O) groups excluding carboxylic acids is 1. The van der Waals surface area contributed by atoms with E-state index in [0.717, 1.165) is 5.56 Å². The van der Waals surface area contributed by atoms with E-state index >= 15 is 0 Å². The van der Waals surface area contributed by atoms with Gasteiger partial charge < -0.3 is 10.1 Å². The molecule has 0 spiro atoms. The van der Waals surface area contributed by atoms with Gasteiger partial charge in [0.15, 0.2) is 0 Å². The maximum absolute atomic E-state index is 12.0. The molecule has 0 atom stereocenters. The number of aryl methyl sites for hydroxylation is 1. The predicted molar refractivity (Wildman–Crippen MR) is 72.7 cm³/mol. The van der Waals surface area contributed by atoms with Gasteiger partial charge in [0, 0.05) is 23.5 Å². The van der Waals surface area contributed by atoms with Crippen molar-refractivity contribution in [3.8, 4) is 5.75 Å². The number of benzene rings is 1. The van der Waals surface area contributed by atoms with Gasteiger partial charge in [-0.25, -0.2) is 4.98 Å². The minimum absolute atomic E-state index is 0.233. The molecule has 1 aromatic heterocycles. The smallest absolute Gasteiger partial charge is 0.275 e. The van der Waals surface area contributed by atoms with Gasteiger partial charge in [-0.2, -0.15) is 0 Å². The number of hydrogen-bond acceptors (Lipinski definition) is 4. The SMILES string of the molecule is COc1cc(Cl)c(C)cc1NC(=O)c1cnccn1. The highest BCUT2D eigenvalue weighted by molar-refractivity contribution is 6.31. The maximum atomic E-state index is 12.0. The first-order valence-corrected chi connectivity index (χ1v) is 5.91. The Labute approximate surface area is 115 Å². The molecule has 0 saturated heterocycles. The molecule has 0 aliphatic carbocycles. The van der Waals surface area contributed by atoms with Crippen molar-refractivity contribution >= 4 is 23.2 Å². The lowest BCUT2D eigenvalue weighted by Gasteiger charge is -2.11. The van der Waals surface area contributed by atoms with Gasteiger partial charge in [-0.15, -0.1) is 0 Å². The number of methoxy groups -OCH3 is 1. The number of ether oxygens (including phenoxy) is 1. The summed E-state index contributed by atoms with van der Waals surface area (Å²) >= 11 is 6.00. The van der Waals surface area contributed by atoms with E-state index in [2.05, 4.69) is 15.3 Å². The first-order chi connectivity index (χ1) is 9.11. The second kappa shape index (κ2) is 5.67. The Balaban J connectivity index is 2.28. The number of anilines is 1. The van der Waals surface area contributed by atoms with E-state index in [-0.39, 0.29) is 11.6 Å². The molecule has 5 nitrogen and oxygen atoms in total. The van der Waals surface area contributed by atoms with Crippen LogP contribution < -0.4 is 10.1 Å². The van der Waals surface area contributed by atoms with Gasteiger partial charge in [0.25, 0.3) is 5.91 Å². The van der Waals surface area contributed by atoms with Crippen LogP contribution in [0.2, 0.25) is 5.02 Å². The molecule has 0 fully saturated rings. The van der Waals surface area contributed by atoms with Gasteiger partial charge in [-0.3, -0.25) is 9.78 Å². The zero-order valence-corrected chi connectivity index (χ0v) is 11.2. The van der Waals surface area contributed by atoms with Crippen LogP contribution in [0.3, 0.4) is 0 Å².